The molecule has 1 atom stereocenters. The second-order valence-corrected chi connectivity index (χ2v) is 7.67. The van der Waals surface area contributed by atoms with Gasteiger partial charge in [-0.15, -0.1) is 0 Å². The lowest BCUT2D eigenvalue weighted by Gasteiger charge is -2.46. The smallest absolute Gasteiger partial charge is 0.244 e. The summed E-state index contributed by atoms with van der Waals surface area (Å²) < 4.78 is 5.36. The molecule has 2 fully saturated rings. The topological polar surface area (TPSA) is 85.7 Å². The number of hydrogen-bond donors (Lipinski definition) is 3. The predicted octanol–water partition coefficient (Wildman–Crippen LogP) is 2.21. The van der Waals surface area contributed by atoms with Crippen LogP contribution in [0.15, 0.2) is 12.0 Å². The number of carbonyl (C=O) groups is 1. The van der Waals surface area contributed by atoms with Gasteiger partial charge in [0.15, 0.2) is 5.88 Å². The van der Waals surface area contributed by atoms with Gasteiger partial charge in [0, 0.05) is 37.6 Å². The van der Waals surface area contributed by atoms with E-state index in [4.69, 9.17) is 10.1 Å². The molecular weight excluding hydrogens is 294 g/mol. The van der Waals surface area contributed by atoms with Crippen molar-refractivity contribution in [2.75, 3.05) is 19.8 Å². The molecular formula is C17H29N3O3. The standard InChI is InChI=1S/C17H29N3O3/c1-17(2,3)11-12(18)10-15(21)19-16(22)14-4-7-20(14)13-5-8-23-9-6-13/h10,13-14,18,21H,4-9,11H2,1-3H3,(H,19,22)/b15-10-,18-12?/t14-/m0/s1. The summed E-state index contributed by atoms with van der Waals surface area (Å²) in [6, 6.07) is 0.226. The highest BCUT2D eigenvalue weighted by Crippen LogP contribution is 2.26. The molecule has 6 nitrogen and oxygen atoms in total. The van der Waals surface area contributed by atoms with Gasteiger partial charge in [-0.25, -0.2) is 0 Å². The monoisotopic (exact) mass is 323 g/mol. The molecule has 0 aromatic heterocycles. The molecule has 1 amide bonds. The molecule has 0 aromatic carbocycles. The SMILES string of the molecule is CC(C)(C)CC(=N)/C=C(\O)NC(=O)[C@@H]1CCN1C1CCOCC1. The van der Waals surface area contributed by atoms with Gasteiger partial charge in [-0.3, -0.25) is 15.0 Å². The maximum atomic E-state index is 12.3. The third kappa shape index (κ3) is 5.32. The zero-order chi connectivity index (χ0) is 17.0. The number of carbonyl (C=O) groups excluding carboxylic acids is 1. The Bertz CT molecular complexity index is 476. The number of nitrogens with zero attached hydrogens (tertiary/aromatic N) is 1. The van der Waals surface area contributed by atoms with Crippen molar-refractivity contribution in [1.82, 2.24) is 10.2 Å². The molecule has 0 saturated carbocycles. The number of aliphatic hydroxyl groups excluding tert-OH is 1. The Morgan fingerprint density at radius 3 is 2.52 bits per heavy atom. The molecule has 2 saturated heterocycles. The maximum Gasteiger partial charge on any atom is 0.244 e. The number of hydrogen-bond acceptors (Lipinski definition) is 5. The number of aliphatic hydroxyl groups is 1. The van der Waals surface area contributed by atoms with E-state index >= 15 is 0 Å². The molecule has 0 unspecified atom stereocenters. The van der Waals surface area contributed by atoms with Crippen LogP contribution in [0, 0.1) is 10.8 Å². The van der Waals surface area contributed by atoms with Gasteiger partial charge in [-0.05, 0) is 31.1 Å². The first-order valence-corrected chi connectivity index (χ1v) is 8.39. The fourth-order valence-corrected chi connectivity index (χ4v) is 3.18. The van der Waals surface area contributed by atoms with Gasteiger partial charge < -0.3 is 15.3 Å². The van der Waals surface area contributed by atoms with Crippen LogP contribution >= 0.6 is 0 Å². The van der Waals surface area contributed by atoms with E-state index in [1.807, 2.05) is 20.8 Å². The Kier molecular flexibility index (Phi) is 5.81. The van der Waals surface area contributed by atoms with Crippen LogP contribution in [-0.4, -0.2) is 53.5 Å². The lowest BCUT2D eigenvalue weighted by molar-refractivity contribution is -0.134. The van der Waals surface area contributed by atoms with E-state index in [9.17, 15) is 9.90 Å². The Balaban J connectivity index is 1.84. The summed E-state index contributed by atoms with van der Waals surface area (Å²) in [4.78, 5) is 14.5. The molecule has 2 aliphatic heterocycles. The average Bonchev–Trinajstić information content (AvgIpc) is 2.35. The molecule has 0 bridgehead atoms. The van der Waals surface area contributed by atoms with Crippen LogP contribution in [0.25, 0.3) is 0 Å². The number of ether oxygens (including phenoxy) is 1. The minimum Gasteiger partial charge on any atom is -0.494 e. The first kappa shape index (κ1) is 17.9. The fraction of sp³-hybridized carbons (Fsp3) is 0.765. The minimum absolute atomic E-state index is 0.0221. The molecule has 23 heavy (non-hydrogen) atoms. The van der Waals surface area contributed by atoms with E-state index in [0.29, 0.717) is 18.2 Å². The maximum absolute atomic E-state index is 12.3. The van der Waals surface area contributed by atoms with Crippen molar-refractivity contribution in [2.45, 2.75) is 58.5 Å². The molecule has 2 rings (SSSR count). The van der Waals surface area contributed by atoms with Crippen LogP contribution in [0.1, 0.15) is 46.5 Å². The Morgan fingerprint density at radius 2 is 2.00 bits per heavy atom. The third-order valence-electron chi connectivity index (χ3n) is 4.31. The molecule has 3 N–H and O–H groups in total. The van der Waals surface area contributed by atoms with Gasteiger partial charge in [-0.2, -0.15) is 0 Å². The average molecular weight is 323 g/mol. The molecule has 0 spiro atoms. The van der Waals surface area contributed by atoms with Gasteiger partial charge >= 0.3 is 0 Å². The van der Waals surface area contributed by atoms with Crippen molar-refractivity contribution >= 4 is 11.6 Å². The first-order chi connectivity index (χ1) is 10.8. The number of allylic oxidation sites excluding steroid dienone is 1. The highest BCUT2D eigenvalue weighted by atomic mass is 16.5. The number of likely N-dealkylation sites (tertiary alicyclic amines) is 1. The lowest BCUT2D eigenvalue weighted by atomic mass is 9.89. The van der Waals surface area contributed by atoms with Gasteiger partial charge in [-0.1, -0.05) is 20.8 Å². The normalized spacial score (nSPS) is 24.1. The predicted molar refractivity (Wildman–Crippen MR) is 89.6 cm³/mol. The van der Waals surface area contributed by atoms with Gasteiger partial charge in [0.1, 0.15) is 0 Å². The second kappa shape index (κ2) is 7.45. The van der Waals surface area contributed by atoms with Crippen molar-refractivity contribution in [3.63, 3.8) is 0 Å². The van der Waals surface area contributed by atoms with E-state index in [-0.39, 0.29) is 23.2 Å². The van der Waals surface area contributed by atoms with Crippen LogP contribution in [0.5, 0.6) is 0 Å². The summed E-state index contributed by atoms with van der Waals surface area (Å²) in [5.41, 5.74) is 0.288. The highest BCUT2D eigenvalue weighted by molar-refractivity contribution is 5.94. The van der Waals surface area contributed by atoms with Crippen LogP contribution < -0.4 is 5.32 Å². The van der Waals surface area contributed by atoms with Crippen LogP contribution in [0.2, 0.25) is 0 Å². The lowest BCUT2D eigenvalue weighted by Crippen LogP contribution is -2.60. The van der Waals surface area contributed by atoms with E-state index < -0.39 is 0 Å². The first-order valence-electron chi connectivity index (χ1n) is 8.39. The quantitative estimate of drug-likeness (QED) is 0.535. The summed E-state index contributed by atoms with van der Waals surface area (Å²) in [7, 11) is 0. The van der Waals surface area contributed by atoms with Gasteiger partial charge in [0.05, 0.1) is 6.04 Å². The summed E-state index contributed by atoms with van der Waals surface area (Å²) in [5, 5.41) is 20.3. The van der Waals surface area contributed by atoms with Crippen molar-refractivity contribution in [3.8, 4) is 0 Å². The minimum atomic E-state index is -0.233. The second-order valence-electron chi connectivity index (χ2n) is 7.67. The summed E-state index contributed by atoms with van der Waals surface area (Å²) >= 11 is 0. The molecule has 2 aliphatic rings. The van der Waals surface area contributed by atoms with Crippen molar-refractivity contribution < 1.29 is 14.6 Å². The fourth-order valence-electron chi connectivity index (χ4n) is 3.18. The molecule has 0 radical (unpaired) electrons. The van der Waals surface area contributed by atoms with Gasteiger partial charge in [0.25, 0.3) is 0 Å². The van der Waals surface area contributed by atoms with E-state index in [0.717, 1.165) is 39.0 Å². The summed E-state index contributed by atoms with van der Waals surface area (Å²) in [6.07, 6.45) is 4.62. The van der Waals surface area contributed by atoms with E-state index in [1.165, 1.54) is 6.08 Å². The molecule has 6 heteroatoms. The largest absolute Gasteiger partial charge is 0.494 e. The van der Waals surface area contributed by atoms with E-state index in [2.05, 4.69) is 10.2 Å². The van der Waals surface area contributed by atoms with Crippen molar-refractivity contribution in [2.24, 2.45) is 5.41 Å². The van der Waals surface area contributed by atoms with Crippen molar-refractivity contribution in [1.29, 1.82) is 5.41 Å². The van der Waals surface area contributed by atoms with Crippen LogP contribution in [0.4, 0.5) is 0 Å². The van der Waals surface area contributed by atoms with Gasteiger partial charge in [0.2, 0.25) is 5.91 Å². The van der Waals surface area contributed by atoms with Crippen LogP contribution in [-0.2, 0) is 9.53 Å². The Hall–Kier alpha value is -1.40. The molecule has 0 aliphatic carbocycles. The third-order valence-corrected chi connectivity index (χ3v) is 4.31. The number of rotatable bonds is 5. The van der Waals surface area contributed by atoms with Crippen molar-refractivity contribution in [3.05, 3.63) is 12.0 Å². The number of amides is 1. The molecule has 2 heterocycles. The Labute approximate surface area is 138 Å². The Morgan fingerprint density at radius 1 is 1.35 bits per heavy atom. The summed E-state index contributed by atoms with van der Waals surface area (Å²) in [5.74, 6) is -0.414. The molecule has 0 aromatic rings. The summed E-state index contributed by atoms with van der Waals surface area (Å²) in [6.45, 7) is 8.53. The highest BCUT2D eigenvalue weighted by Gasteiger charge is 2.39. The molecule has 130 valence electrons. The van der Waals surface area contributed by atoms with E-state index in [1.54, 1.807) is 0 Å². The zero-order valence-corrected chi connectivity index (χ0v) is 14.4. The number of nitrogens with one attached hydrogen (secondary N) is 2. The van der Waals surface area contributed by atoms with Crippen LogP contribution in [0.3, 0.4) is 0 Å². The zero-order valence-electron chi connectivity index (χ0n) is 14.4.